The van der Waals surface area contributed by atoms with Crippen molar-refractivity contribution in [3.63, 3.8) is 0 Å². The van der Waals surface area contributed by atoms with Gasteiger partial charge in [-0.2, -0.15) is 0 Å². The minimum Gasteiger partial charge on any atom is -0.375 e. The Bertz CT molecular complexity index is 679. The predicted octanol–water partition coefficient (Wildman–Crippen LogP) is 4.68. The van der Waals surface area contributed by atoms with Gasteiger partial charge in [0, 0.05) is 31.8 Å². The van der Waals surface area contributed by atoms with E-state index in [0.717, 1.165) is 19.1 Å². The molecule has 0 amide bonds. The van der Waals surface area contributed by atoms with Gasteiger partial charge in [-0.3, -0.25) is 0 Å². The molecular weight excluding hydrogens is 306 g/mol. The number of allylic oxidation sites excluding steroid dienone is 1. The summed E-state index contributed by atoms with van der Waals surface area (Å²) >= 11 is 0. The Kier molecular flexibility index (Phi) is 3.83. The molecule has 2 saturated heterocycles. The van der Waals surface area contributed by atoms with Crippen LogP contribution in [0.5, 0.6) is 0 Å². The minimum absolute atomic E-state index is 0.210. The Morgan fingerprint density at radius 1 is 1.12 bits per heavy atom. The largest absolute Gasteiger partial charge is 0.375 e. The van der Waals surface area contributed by atoms with Gasteiger partial charge in [0.2, 0.25) is 0 Å². The lowest BCUT2D eigenvalue weighted by Crippen LogP contribution is -2.57. The molecular formula is C23H32NO+. The molecule has 1 saturated carbocycles. The topological polar surface area (TPSA) is 9.23 Å². The van der Waals surface area contributed by atoms with Crippen LogP contribution in [0, 0.1) is 0 Å². The van der Waals surface area contributed by atoms with Crippen LogP contribution >= 0.6 is 0 Å². The smallest absolute Gasteiger partial charge is 0.0985 e. The van der Waals surface area contributed by atoms with Gasteiger partial charge in [-0.05, 0) is 48.8 Å². The molecule has 3 fully saturated rings. The normalized spacial score (nSPS) is 36.2. The molecule has 2 nitrogen and oxygen atoms in total. The Morgan fingerprint density at radius 3 is 2.80 bits per heavy atom. The van der Waals surface area contributed by atoms with E-state index in [1.165, 1.54) is 73.6 Å². The predicted molar refractivity (Wildman–Crippen MR) is 103 cm³/mol. The lowest BCUT2D eigenvalue weighted by molar-refractivity contribution is -0.925. The maximum atomic E-state index is 6.35. The number of likely N-dealkylation sites (tertiary alicyclic amines) is 1. The van der Waals surface area contributed by atoms with E-state index in [1.54, 1.807) is 5.56 Å². The average Bonchev–Trinajstić information content (AvgIpc) is 3.36. The summed E-state index contributed by atoms with van der Waals surface area (Å²) < 4.78 is 7.63. The number of likely N-dealkylation sites (N-methyl/N-ethyl adjacent to an activating group) is 1. The number of quaternary nitrogens is 1. The van der Waals surface area contributed by atoms with Gasteiger partial charge in [-0.1, -0.05) is 30.4 Å². The molecule has 134 valence electrons. The summed E-state index contributed by atoms with van der Waals surface area (Å²) in [5, 5.41) is 0. The first-order chi connectivity index (χ1) is 12.2. The number of ether oxygens (including phenoxy) is 1. The molecule has 0 radical (unpaired) electrons. The quantitative estimate of drug-likeness (QED) is 0.711. The van der Waals surface area contributed by atoms with Gasteiger partial charge in [0.15, 0.2) is 0 Å². The highest BCUT2D eigenvalue weighted by atomic mass is 16.5. The van der Waals surface area contributed by atoms with Gasteiger partial charge in [0.05, 0.1) is 31.8 Å². The molecule has 2 heteroatoms. The van der Waals surface area contributed by atoms with Crippen LogP contribution < -0.4 is 0 Å². The fraction of sp³-hybridized carbons (Fsp3) is 0.652. The number of fused-ring (bicyclic) bond motifs is 1. The number of hydrogen-bond donors (Lipinski definition) is 0. The number of nitrogens with zero attached hydrogens (tertiary/aromatic N) is 1. The van der Waals surface area contributed by atoms with E-state index in [9.17, 15) is 0 Å². The van der Waals surface area contributed by atoms with Crippen LogP contribution in [-0.2, 0) is 11.2 Å². The molecule has 0 N–H and O–H groups in total. The van der Waals surface area contributed by atoms with Crippen molar-refractivity contribution >= 4 is 6.08 Å². The maximum Gasteiger partial charge on any atom is 0.0985 e. The molecule has 2 aliphatic heterocycles. The second-order valence-corrected chi connectivity index (χ2v) is 9.25. The molecule has 5 rings (SSSR count). The first-order valence-electron chi connectivity index (χ1n) is 10.5. The van der Waals surface area contributed by atoms with Crippen LogP contribution in [0.1, 0.15) is 67.6 Å². The molecule has 0 bridgehead atoms. The van der Waals surface area contributed by atoms with Crippen LogP contribution in [0.4, 0.5) is 0 Å². The summed E-state index contributed by atoms with van der Waals surface area (Å²) in [5.74, 6) is 0.706. The third kappa shape index (κ3) is 2.69. The fourth-order valence-electron chi connectivity index (χ4n) is 6.28. The van der Waals surface area contributed by atoms with E-state index < -0.39 is 0 Å². The highest BCUT2D eigenvalue weighted by Gasteiger charge is 2.51. The van der Waals surface area contributed by atoms with Crippen LogP contribution in [0.15, 0.2) is 24.3 Å². The van der Waals surface area contributed by atoms with Crippen molar-refractivity contribution in [1.29, 1.82) is 0 Å². The molecule has 1 spiro atoms. The summed E-state index contributed by atoms with van der Waals surface area (Å²) in [6, 6.07) is 8.07. The first-order valence-corrected chi connectivity index (χ1v) is 10.5. The molecule has 2 heterocycles. The third-order valence-electron chi connectivity index (χ3n) is 7.76. The second-order valence-electron chi connectivity index (χ2n) is 9.25. The Morgan fingerprint density at radius 2 is 2.00 bits per heavy atom. The highest BCUT2D eigenvalue weighted by molar-refractivity contribution is 5.61. The van der Waals surface area contributed by atoms with Crippen molar-refractivity contribution in [2.45, 2.75) is 68.9 Å². The van der Waals surface area contributed by atoms with E-state index in [0.29, 0.717) is 5.92 Å². The SMILES string of the molecule is C[N+]1([C@@H]2C[C@]3(CCCO3)CC[C@H]2c2ccc3c(c2)C=CC3)CCCC1. The van der Waals surface area contributed by atoms with Crippen LogP contribution in [0.2, 0.25) is 0 Å². The van der Waals surface area contributed by atoms with Gasteiger partial charge in [-0.15, -0.1) is 0 Å². The van der Waals surface area contributed by atoms with Crippen LogP contribution in [0.25, 0.3) is 6.08 Å². The van der Waals surface area contributed by atoms with E-state index in [2.05, 4.69) is 37.4 Å². The average molecular weight is 339 g/mol. The van der Waals surface area contributed by atoms with Crippen molar-refractivity contribution < 1.29 is 9.22 Å². The standard InChI is InChI=1S/C23H32NO/c1-24(13-2-3-14-24)22-17-23(11-5-15-25-23)12-10-21(22)20-9-8-18-6-4-7-19(18)16-20/h4,7-9,16,21-22H,2-3,5-6,10-15,17H2,1H3/q+1/t21-,22+,23-/m0/s1. The minimum atomic E-state index is 0.210. The third-order valence-corrected chi connectivity index (χ3v) is 7.76. The lowest BCUT2D eigenvalue weighted by atomic mass is 9.70. The van der Waals surface area contributed by atoms with E-state index in [1.807, 2.05) is 0 Å². The zero-order valence-corrected chi connectivity index (χ0v) is 15.7. The van der Waals surface area contributed by atoms with E-state index >= 15 is 0 Å². The van der Waals surface area contributed by atoms with E-state index in [4.69, 9.17) is 4.74 Å². The monoisotopic (exact) mass is 338 g/mol. The lowest BCUT2D eigenvalue weighted by Gasteiger charge is -2.49. The van der Waals surface area contributed by atoms with Crippen molar-refractivity contribution in [2.75, 3.05) is 26.7 Å². The summed E-state index contributed by atoms with van der Waals surface area (Å²) in [6.45, 7) is 3.72. The van der Waals surface area contributed by atoms with Crippen molar-refractivity contribution in [2.24, 2.45) is 0 Å². The molecule has 0 aromatic heterocycles. The number of benzene rings is 1. The molecule has 3 atom stereocenters. The Labute approximate surface area is 152 Å². The summed E-state index contributed by atoms with van der Waals surface area (Å²) in [4.78, 5) is 0. The maximum absolute atomic E-state index is 6.35. The highest BCUT2D eigenvalue weighted by Crippen LogP contribution is 2.49. The molecule has 25 heavy (non-hydrogen) atoms. The summed E-state index contributed by atoms with van der Waals surface area (Å²) in [6.07, 6.45) is 15.0. The van der Waals surface area contributed by atoms with Crippen molar-refractivity contribution in [3.8, 4) is 0 Å². The molecule has 4 aliphatic rings. The van der Waals surface area contributed by atoms with Gasteiger partial charge in [0.25, 0.3) is 0 Å². The second kappa shape index (κ2) is 5.96. The summed E-state index contributed by atoms with van der Waals surface area (Å²) in [5.41, 5.74) is 4.78. The van der Waals surface area contributed by atoms with E-state index in [-0.39, 0.29) is 5.60 Å². The molecule has 1 aromatic rings. The molecule has 0 unspecified atom stereocenters. The number of hydrogen-bond acceptors (Lipinski definition) is 1. The first kappa shape index (κ1) is 16.1. The van der Waals surface area contributed by atoms with Crippen molar-refractivity contribution in [1.82, 2.24) is 0 Å². The van der Waals surface area contributed by atoms with Gasteiger partial charge in [0.1, 0.15) is 0 Å². The summed E-state index contributed by atoms with van der Waals surface area (Å²) in [7, 11) is 2.53. The van der Waals surface area contributed by atoms with Gasteiger partial charge in [-0.25, -0.2) is 0 Å². The van der Waals surface area contributed by atoms with Crippen LogP contribution in [-0.4, -0.2) is 42.9 Å². The number of rotatable bonds is 2. The van der Waals surface area contributed by atoms with Gasteiger partial charge < -0.3 is 9.22 Å². The zero-order chi connectivity index (χ0) is 16.9. The molecule has 2 aliphatic carbocycles. The Balaban J connectivity index is 1.49. The van der Waals surface area contributed by atoms with Gasteiger partial charge >= 0.3 is 0 Å². The Hall–Kier alpha value is -1.12. The molecule has 1 aromatic carbocycles. The zero-order valence-electron chi connectivity index (χ0n) is 15.7. The fourth-order valence-corrected chi connectivity index (χ4v) is 6.28. The van der Waals surface area contributed by atoms with Crippen molar-refractivity contribution in [3.05, 3.63) is 41.0 Å². The van der Waals surface area contributed by atoms with Crippen LogP contribution in [0.3, 0.4) is 0 Å².